The Kier molecular flexibility index (Phi) is 13.1. The van der Waals surface area contributed by atoms with E-state index in [1.807, 2.05) is 70.2 Å². The summed E-state index contributed by atoms with van der Waals surface area (Å²) in [5, 5.41) is 17.1. The first-order valence-electron chi connectivity index (χ1n) is 21.6. The second-order valence-electron chi connectivity index (χ2n) is 16.4. The number of ether oxygens (including phenoxy) is 3. The smallest absolute Gasteiger partial charge is 0.244 e. The molecule has 0 radical (unpaired) electrons. The average molecular weight is 837 g/mol. The lowest BCUT2D eigenvalue weighted by Gasteiger charge is -2.49. The summed E-state index contributed by atoms with van der Waals surface area (Å²) in [6.07, 6.45) is 5.19. The van der Waals surface area contributed by atoms with Gasteiger partial charge in [0, 0.05) is 4.75 Å². The zero-order valence-corrected chi connectivity index (χ0v) is 36.4. The van der Waals surface area contributed by atoms with Gasteiger partial charge in [0.2, 0.25) is 5.91 Å². The van der Waals surface area contributed by atoms with Crippen molar-refractivity contribution in [2.24, 2.45) is 0 Å². The van der Waals surface area contributed by atoms with Crippen molar-refractivity contribution in [3.63, 3.8) is 0 Å². The van der Waals surface area contributed by atoms with E-state index >= 15 is 0 Å². The van der Waals surface area contributed by atoms with Crippen molar-refractivity contribution in [1.29, 1.82) is 0 Å². The molecule has 1 N–H and O–H groups in total. The molecule has 316 valence electrons. The average Bonchev–Trinajstić information content (AvgIpc) is 3.84. The molecule has 11 heteroatoms. The van der Waals surface area contributed by atoms with E-state index in [2.05, 4.69) is 121 Å². The molecule has 2 fully saturated rings. The Hall–Kier alpha value is -5.65. The second-order valence-corrected chi connectivity index (χ2v) is 18.2. The molecule has 10 nitrogen and oxygen atoms in total. The SMILES string of the molecule is CCCCCOc1cc(Cn2nnnc2C2N3C(=O)C(NC(c4ccccc4)(c4ccccc4)c4cccc(OCCCC)c4)C3SC2(C)C)ccc1OCc1ccccc1. The highest BCUT2D eigenvalue weighted by Crippen LogP contribution is 2.58. The molecule has 61 heavy (non-hydrogen) atoms. The largest absolute Gasteiger partial charge is 0.494 e. The number of fused-ring (bicyclic) bond motifs is 1. The Morgan fingerprint density at radius 2 is 1.38 bits per heavy atom. The number of hydrogen-bond donors (Lipinski definition) is 1. The number of aromatic nitrogens is 4. The summed E-state index contributed by atoms with van der Waals surface area (Å²) < 4.78 is 20.3. The predicted octanol–water partition coefficient (Wildman–Crippen LogP) is 9.73. The minimum Gasteiger partial charge on any atom is -0.494 e. The third-order valence-electron chi connectivity index (χ3n) is 11.6. The lowest BCUT2D eigenvalue weighted by Crippen LogP contribution is -2.70. The molecule has 3 heterocycles. The monoisotopic (exact) mass is 836 g/mol. The van der Waals surface area contributed by atoms with Gasteiger partial charge in [0.15, 0.2) is 17.3 Å². The van der Waals surface area contributed by atoms with E-state index < -0.39 is 16.3 Å². The maximum atomic E-state index is 14.8. The minimum absolute atomic E-state index is 0.0110. The van der Waals surface area contributed by atoms with Gasteiger partial charge in [-0.2, -0.15) is 0 Å². The Bertz CT molecular complexity index is 2320. The van der Waals surface area contributed by atoms with Crippen LogP contribution in [0.2, 0.25) is 0 Å². The van der Waals surface area contributed by atoms with Crippen molar-refractivity contribution in [3.05, 3.63) is 167 Å². The Labute approximate surface area is 364 Å². The molecule has 3 atom stereocenters. The maximum Gasteiger partial charge on any atom is 0.244 e. The number of carbonyl (C=O) groups is 1. The number of nitrogens with zero attached hydrogens (tertiary/aromatic N) is 5. The number of tetrazole rings is 1. The normalized spacial score (nSPS) is 18.1. The molecule has 1 amide bonds. The molecule has 8 rings (SSSR count). The molecule has 6 aromatic rings. The van der Waals surface area contributed by atoms with Gasteiger partial charge in [0.05, 0.1) is 25.3 Å². The topological polar surface area (TPSA) is 104 Å². The molecular formula is C50H56N6O4S. The Balaban J connectivity index is 1.08. The lowest BCUT2D eigenvalue weighted by molar-refractivity contribution is -0.150. The number of thioether (sulfide) groups is 1. The van der Waals surface area contributed by atoms with Crippen molar-refractivity contribution < 1.29 is 19.0 Å². The quantitative estimate of drug-likeness (QED) is 0.0458. The summed E-state index contributed by atoms with van der Waals surface area (Å²) in [6, 6.07) is 44.4. The number of nitrogens with one attached hydrogen (secondary N) is 1. The van der Waals surface area contributed by atoms with Crippen LogP contribution < -0.4 is 19.5 Å². The highest BCUT2D eigenvalue weighted by molar-refractivity contribution is 8.01. The van der Waals surface area contributed by atoms with Crippen LogP contribution in [0.4, 0.5) is 0 Å². The van der Waals surface area contributed by atoms with Crippen LogP contribution in [-0.4, -0.2) is 60.4 Å². The van der Waals surface area contributed by atoms with Crippen LogP contribution >= 0.6 is 11.8 Å². The van der Waals surface area contributed by atoms with Crippen molar-refractivity contribution in [2.75, 3.05) is 13.2 Å². The maximum absolute atomic E-state index is 14.8. The first kappa shape index (κ1) is 42.1. The number of β-lactam (4-membered cyclic amide) rings is 1. The van der Waals surface area contributed by atoms with Crippen LogP contribution in [0.25, 0.3) is 0 Å². The molecular weight excluding hydrogens is 781 g/mol. The minimum atomic E-state index is -0.864. The molecule has 3 unspecified atom stereocenters. The zero-order valence-electron chi connectivity index (χ0n) is 35.6. The van der Waals surface area contributed by atoms with E-state index in [1.54, 1.807) is 11.8 Å². The Morgan fingerprint density at radius 3 is 2.08 bits per heavy atom. The van der Waals surface area contributed by atoms with E-state index in [1.165, 1.54) is 0 Å². The summed E-state index contributed by atoms with van der Waals surface area (Å²) in [5.74, 6) is 2.85. The van der Waals surface area contributed by atoms with Gasteiger partial charge in [-0.1, -0.05) is 142 Å². The van der Waals surface area contributed by atoms with Gasteiger partial charge >= 0.3 is 0 Å². The van der Waals surface area contributed by atoms with Crippen LogP contribution in [0.15, 0.2) is 133 Å². The van der Waals surface area contributed by atoms with Crippen LogP contribution in [0, 0.1) is 0 Å². The molecule has 2 aliphatic rings. The first-order chi connectivity index (χ1) is 29.8. The fourth-order valence-electron chi connectivity index (χ4n) is 8.52. The standard InChI is InChI=1S/C50H56N6O4S/c1-5-7-18-31-59-43-32-37(28-29-42(43)60-35-36-20-12-9-13-21-36)34-55-46(52-53-54-55)45-49(3,4)61-48-44(47(57)56(45)48)51-50(38-22-14-10-15-23-38,39-24-16-11-17-25-39)40-26-19-27-41(33-40)58-30-8-6-2/h9-17,19-29,32-33,44-45,48,51H,5-8,18,30-31,34-35H2,1-4H3. The van der Waals surface area contributed by atoms with E-state index in [-0.39, 0.29) is 17.3 Å². The summed E-state index contributed by atoms with van der Waals surface area (Å²) in [4.78, 5) is 16.8. The van der Waals surface area contributed by atoms with Crippen LogP contribution in [0.1, 0.15) is 99.5 Å². The summed E-state index contributed by atoms with van der Waals surface area (Å²) in [6.45, 7) is 10.8. The fraction of sp³-hybridized carbons (Fsp3) is 0.360. The van der Waals surface area contributed by atoms with Crippen molar-refractivity contribution in [3.8, 4) is 17.2 Å². The van der Waals surface area contributed by atoms with Gasteiger partial charge in [0.1, 0.15) is 29.8 Å². The van der Waals surface area contributed by atoms with Gasteiger partial charge < -0.3 is 19.1 Å². The lowest BCUT2D eigenvalue weighted by atomic mass is 9.75. The highest BCUT2D eigenvalue weighted by atomic mass is 32.2. The van der Waals surface area contributed by atoms with E-state index in [4.69, 9.17) is 14.2 Å². The Morgan fingerprint density at radius 1 is 0.705 bits per heavy atom. The number of hydrogen-bond acceptors (Lipinski definition) is 9. The molecule has 0 aliphatic carbocycles. The van der Waals surface area contributed by atoms with Gasteiger partial charge in [0.25, 0.3) is 0 Å². The van der Waals surface area contributed by atoms with Gasteiger partial charge in [-0.05, 0) is 89.2 Å². The third-order valence-corrected chi connectivity index (χ3v) is 13.2. The highest BCUT2D eigenvalue weighted by Gasteiger charge is 2.64. The predicted molar refractivity (Wildman–Crippen MR) is 241 cm³/mol. The first-order valence-corrected chi connectivity index (χ1v) is 22.5. The second kappa shape index (κ2) is 19.0. The zero-order chi connectivity index (χ0) is 42.2. The summed E-state index contributed by atoms with van der Waals surface area (Å²) in [7, 11) is 0. The molecule has 2 aliphatic heterocycles. The number of carbonyl (C=O) groups excluding carboxylic acids is 1. The number of benzene rings is 5. The molecule has 0 spiro atoms. The molecule has 5 aromatic carbocycles. The van der Waals surface area contributed by atoms with Crippen LogP contribution in [0.3, 0.4) is 0 Å². The van der Waals surface area contributed by atoms with Crippen molar-refractivity contribution in [2.45, 2.75) is 101 Å². The van der Waals surface area contributed by atoms with E-state index in [9.17, 15) is 4.79 Å². The number of unbranched alkanes of at least 4 members (excludes halogenated alkanes) is 3. The molecule has 1 aromatic heterocycles. The van der Waals surface area contributed by atoms with Gasteiger partial charge in [-0.3, -0.25) is 10.1 Å². The fourth-order valence-corrected chi connectivity index (χ4v) is 10.2. The van der Waals surface area contributed by atoms with E-state index in [0.717, 1.165) is 65.7 Å². The van der Waals surface area contributed by atoms with E-state index in [0.29, 0.717) is 43.7 Å². The van der Waals surface area contributed by atoms with Crippen molar-refractivity contribution >= 4 is 17.7 Å². The third kappa shape index (κ3) is 8.90. The molecule has 0 saturated carbocycles. The summed E-state index contributed by atoms with van der Waals surface area (Å²) in [5.41, 5.74) is 4.26. The van der Waals surface area contributed by atoms with Crippen LogP contribution in [0.5, 0.6) is 17.2 Å². The molecule has 2 saturated heterocycles. The summed E-state index contributed by atoms with van der Waals surface area (Å²) >= 11 is 1.79. The number of amides is 1. The van der Waals surface area contributed by atoms with Gasteiger partial charge in [-0.15, -0.1) is 16.9 Å². The van der Waals surface area contributed by atoms with Gasteiger partial charge in [-0.25, -0.2) is 4.68 Å². The number of rotatable bonds is 20. The van der Waals surface area contributed by atoms with Crippen molar-refractivity contribution in [1.82, 2.24) is 30.4 Å². The molecule has 0 bridgehead atoms. The van der Waals surface area contributed by atoms with Crippen LogP contribution in [-0.2, 0) is 23.5 Å².